The summed E-state index contributed by atoms with van der Waals surface area (Å²) < 4.78 is 10.8. The van der Waals surface area contributed by atoms with Crippen LogP contribution in [0.25, 0.3) is 12.2 Å². The molecule has 156 valence electrons. The van der Waals surface area contributed by atoms with Crippen molar-refractivity contribution in [3.63, 3.8) is 0 Å². The monoisotopic (exact) mass is 406 g/mol. The SMILES string of the molecule is OC[C@@H]1O[C@@H](Oc2c(O)cc(O)cc2/C=C\c2ccc(O)cc2)[C@@H](O)[C@H](O)[C@H]1O. The molecule has 1 fully saturated rings. The van der Waals surface area contributed by atoms with Gasteiger partial charge >= 0.3 is 0 Å². The standard InChI is InChI=1S/C20H22O9/c21-9-15-16(25)17(26)18(27)20(28-15)29-19-11(7-13(23)8-14(19)24)4-1-10-2-5-12(22)6-3-10/h1-8,15-18,20-27H,9H2/b4-1-/t15-,16-,17+,18-,20-/m0/s1. The third-order valence-corrected chi connectivity index (χ3v) is 4.51. The van der Waals surface area contributed by atoms with Crippen molar-refractivity contribution >= 4 is 12.2 Å². The summed E-state index contributed by atoms with van der Waals surface area (Å²) in [5, 5.41) is 68.5. The summed E-state index contributed by atoms with van der Waals surface area (Å²) in [6.07, 6.45) is -4.36. The molecule has 5 atom stereocenters. The predicted octanol–water partition coefficient (Wildman–Crippen LogP) is 0.152. The number of hydrogen-bond acceptors (Lipinski definition) is 9. The summed E-state index contributed by atoms with van der Waals surface area (Å²) in [5.74, 6) is -0.743. The first-order valence-corrected chi connectivity index (χ1v) is 8.80. The third kappa shape index (κ3) is 4.61. The van der Waals surface area contributed by atoms with Crippen molar-refractivity contribution in [2.75, 3.05) is 6.61 Å². The lowest BCUT2D eigenvalue weighted by atomic mass is 9.99. The summed E-state index contributed by atoms with van der Waals surface area (Å²) in [4.78, 5) is 0. The Labute approximate surface area is 165 Å². The van der Waals surface area contributed by atoms with Gasteiger partial charge in [0, 0.05) is 11.6 Å². The normalized spacial score (nSPS) is 27.2. The van der Waals surface area contributed by atoms with E-state index in [1.54, 1.807) is 18.2 Å². The minimum absolute atomic E-state index is 0.101. The molecule has 1 saturated heterocycles. The zero-order chi connectivity index (χ0) is 21.1. The number of aliphatic hydroxyl groups excluding tert-OH is 4. The van der Waals surface area contributed by atoms with Crippen LogP contribution in [0.5, 0.6) is 23.0 Å². The van der Waals surface area contributed by atoms with Crippen molar-refractivity contribution in [3.05, 3.63) is 47.5 Å². The van der Waals surface area contributed by atoms with E-state index in [2.05, 4.69) is 0 Å². The maximum absolute atomic E-state index is 10.2. The number of hydrogen-bond donors (Lipinski definition) is 7. The Morgan fingerprint density at radius 2 is 1.55 bits per heavy atom. The molecule has 0 bridgehead atoms. The molecule has 2 aromatic rings. The molecule has 1 heterocycles. The van der Waals surface area contributed by atoms with Gasteiger partial charge in [-0.1, -0.05) is 24.3 Å². The first-order valence-electron chi connectivity index (χ1n) is 8.80. The maximum Gasteiger partial charge on any atom is 0.229 e. The van der Waals surface area contributed by atoms with Gasteiger partial charge in [0.2, 0.25) is 6.29 Å². The van der Waals surface area contributed by atoms with Crippen LogP contribution in [-0.4, -0.2) is 73.1 Å². The van der Waals surface area contributed by atoms with Gasteiger partial charge in [0.15, 0.2) is 11.5 Å². The lowest BCUT2D eigenvalue weighted by Gasteiger charge is -2.39. The fraction of sp³-hybridized carbons (Fsp3) is 0.300. The Kier molecular flexibility index (Phi) is 6.26. The fourth-order valence-corrected chi connectivity index (χ4v) is 2.92. The number of phenolic OH excluding ortho intramolecular Hbond substituents is 3. The largest absolute Gasteiger partial charge is 0.508 e. The molecule has 0 aromatic heterocycles. The Hall–Kier alpha value is -2.82. The van der Waals surface area contributed by atoms with Gasteiger partial charge in [0.25, 0.3) is 0 Å². The third-order valence-electron chi connectivity index (χ3n) is 4.51. The molecule has 0 amide bonds. The van der Waals surface area contributed by atoms with Crippen molar-refractivity contribution in [1.29, 1.82) is 0 Å². The highest BCUT2D eigenvalue weighted by Gasteiger charge is 2.45. The summed E-state index contributed by atoms with van der Waals surface area (Å²) in [5.41, 5.74) is 0.942. The van der Waals surface area contributed by atoms with Gasteiger partial charge < -0.3 is 45.2 Å². The van der Waals surface area contributed by atoms with Crippen LogP contribution in [-0.2, 0) is 4.74 Å². The van der Waals surface area contributed by atoms with Gasteiger partial charge in [-0.15, -0.1) is 0 Å². The molecule has 2 aromatic carbocycles. The highest BCUT2D eigenvalue weighted by molar-refractivity contribution is 5.75. The lowest BCUT2D eigenvalue weighted by Crippen LogP contribution is -2.60. The van der Waals surface area contributed by atoms with Crippen molar-refractivity contribution in [2.24, 2.45) is 0 Å². The van der Waals surface area contributed by atoms with Gasteiger partial charge in [-0.25, -0.2) is 0 Å². The molecule has 0 unspecified atom stereocenters. The van der Waals surface area contributed by atoms with Gasteiger partial charge in [-0.3, -0.25) is 0 Å². The van der Waals surface area contributed by atoms with Crippen LogP contribution in [0.4, 0.5) is 0 Å². The fourth-order valence-electron chi connectivity index (χ4n) is 2.92. The molecule has 0 spiro atoms. The molecule has 7 N–H and O–H groups in total. The Morgan fingerprint density at radius 3 is 2.21 bits per heavy atom. The average Bonchev–Trinajstić information content (AvgIpc) is 2.69. The summed E-state index contributed by atoms with van der Waals surface area (Å²) in [7, 11) is 0. The quantitative estimate of drug-likeness (QED) is 0.343. The van der Waals surface area contributed by atoms with E-state index in [0.717, 1.165) is 6.07 Å². The predicted molar refractivity (Wildman–Crippen MR) is 101 cm³/mol. The smallest absolute Gasteiger partial charge is 0.229 e. The van der Waals surface area contributed by atoms with Crippen LogP contribution >= 0.6 is 0 Å². The van der Waals surface area contributed by atoms with Gasteiger partial charge in [0.1, 0.15) is 35.9 Å². The van der Waals surface area contributed by atoms with Crippen LogP contribution in [0, 0.1) is 0 Å². The molecule has 0 saturated carbocycles. The maximum atomic E-state index is 10.2. The van der Waals surface area contributed by atoms with Crippen LogP contribution in [0.1, 0.15) is 11.1 Å². The molecule has 9 heteroatoms. The molecule has 0 radical (unpaired) electrons. The van der Waals surface area contributed by atoms with E-state index in [1.807, 2.05) is 0 Å². The van der Waals surface area contributed by atoms with Crippen LogP contribution in [0.2, 0.25) is 0 Å². The van der Waals surface area contributed by atoms with E-state index in [0.29, 0.717) is 5.56 Å². The van der Waals surface area contributed by atoms with Crippen molar-refractivity contribution in [3.8, 4) is 23.0 Å². The number of benzene rings is 2. The van der Waals surface area contributed by atoms with Crippen molar-refractivity contribution in [1.82, 2.24) is 0 Å². The van der Waals surface area contributed by atoms with Crippen molar-refractivity contribution in [2.45, 2.75) is 30.7 Å². The van der Waals surface area contributed by atoms with E-state index < -0.39 is 43.1 Å². The Bertz CT molecular complexity index is 863. The highest BCUT2D eigenvalue weighted by atomic mass is 16.7. The first kappa shape index (κ1) is 20.9. The summed E-state index contributed by atoms with van der Waals surface area (Å²) >= 11 is 0. The zero-order valence-electron chi connectivity index (χ0n) is 15.2. The second kappa shape index (κ2) is 8.68. The molecule has 1 aliphatic rings. The highest BCUT2D eigenvalue weighted by Crippen LogP contribution is 2.38. The van der Waals surface area contributed by atoms with Gasteiger partial charge in [-0.05, 0) is 23.8 Å². The van der Waals surface area contributed by atoms with E-state index in [4.69, 9.17) is 9.47 Å². The first-order chi connectivity index (χ1) is 13.8. The minimum atomic E-state index is -1.66. The number of phenols is 3. The van der Waals surface area contributed by atoms with Crippen LogP contribution in [0.3, 0.4) is 0 Å². The number of ether oxygens (including phenoxy) is 2. The summed E-state index contributed by atoms with van der Waals surface area (Å²) in [6.45, 7) is -0.625. The second-order valence-corrected chi connectivity index (χ2v) is 6.62. The molecule has 29 heavy (non-hydrogen) atoms. The Balaban J connectivity index is 1.89. The molecular weight excluding hydrogens is 384 g/mol. The second-order valence-electron chi connectivity index (χ2n) is 6.62. The van der Waals surface area contributed by atoms with Crippen LogP contribution < -0.4 is 4.74 Å². The minimum Gasteiger partial charge on any atom is -0.508 e. The van der Waals surface area contributed by atoms with E-state index in [1.165, 1.54) is 24.3 Å². The van der Waals surface area contributed by atoms with E-state index in [-0.39, 0.29) is 22.8 Å². The number of rotatable bonds is 5. The lowest BCUT2D eigenvalue weighted by molar-refractivity contribution is -0.277. The van der Waals surface area contributed by atoms with E-state index in [9.17, 15) is 35.7 Å². The molecule has 3 rings (SSSR count). The van der Waals surface area contributed by atoms with Crippen molar-refractivity contribution < 1.29 is 45.2 Å². The van der Waals surface area contributed by atoms with Gasteiger partial charge in [0.05, 0.1) is 6.61 Å². The number of aromatic hydroxyl groups is 3. The van der Waals surface area contributed by atoms with E-state index >= 15 is 0 Å². The average molecular weight is 406 g/mol. The summed E-state index contributed by atoms with van der Waals surface area (Å²) in [6, 6.07) is 8.60. The molecule has 1 aliphatic heterocycles. The molecular formula is C20H22O9. The molecule has 0 aliphatic carbocycles. The number of aliphatic hydroxyl groups is 4. The van der Waals surface area contributed by atoms with Crippen LogP contribution in [0.15, 0.2) is 36.4 Å². The zero-order valence-corrected chi connectivity index (χ0v) is 15.2. The Morgan fingerprint density at radius 1 is 0.862 bits per heavy atom. The van der Waals surface area contributed by atoms with Gasteiger partial charge in [-0.2, -0.15) is 0 Å². The molecule has 9 nitrogen and oxygen atoms in total. The topological polar surface area (TPSA) is 160 Å².